The summed E-state index contributed by atoms with van der Waals surface area (Å²) in [5, 5.41) is 0. The van der Waals surface area contributed by atoms with Crippen molar-refractivity contribution in [3.63, 3.8) is 0 Å². The molecular weight excluding hydrogens is 282 g/mol. The van der Waals surface area contributed by atoms with Gasteiger partial charge in [0, 0.05) is 18.4 Å². The summed E-state index contributed by atoms with van der Waals surface area (Å²) in [6, 6.07) is 6.37. The SMILES string of the molecule is C=Cc1cccc(C[C@@H](CCC(=O)C(C)C)C(C)N)c1/C=C\C. The second kappa shape index (κ2) is 9.46. The number of rotatable bonds is 9. The standard InChI is InChI=1S/C21H31NO/c1-6-9-20-17(7-2)10-8-11-19(20)14-18(16(5)22)12-13-21(23)15(3)4/h6-11,15-16,18H,2,12-14,22H2,1,3-5H3/b9-6-/t16?,18-/m1/s1. The fourth-order valence-corrected chi connectivity index (χ4v) is 2.81. The molecule has 2 nitrogen and oxygen atoms in total. The van der Waals surface area contributed by atoms with Crippen molar-refractivity contribution in [2.75, 3.05) is 0 Å². The van der Waals surface area contributed by atoms with E-state index in [0.717, 1.165) is 18.4 Å². The van der Waals surface area contributed by atoms with Crippen LogP contribution in [-0.2, 0) is 11.2 Å². The summed E-state index contributed by atoms with van der Waals surface area (Å²) in [6.07, 6.45) is 8.43. The van der Waals surface area contributed by atoms with Crippen LogP contribution in [0.3, 0.4) is 0 Å². The van der Waals surface area contributed by atoms with Gasteiger partial charge >= 0.3 is 0 Å². The average Bonchev–Trinajstić information content (AvgIpc) is 2.51. The van der Waals surface area contributed by atoms with Gasteiger partial charge in [-0.1, -0.05) is 56.9 Å². The molecular formula is C21H31NO. The first-order valence-electron chi connectivity index (χ1n) is 8.56. The molecule has 0 heterocycles. The first-order valence-corrected chi connectivity index (χ1v) is 8.56. The highest BCUT2D eigenvalue weighted by Crippen LogP contribution is 2.24. The topological polar surface area (TPSA) is 43.1 Å². The molecule has 0 bridgehead atoms. The van der Waals surface area contributed by atoms with Gasteiger partial charge in [0.2, 0.25) is 0 Å². The summed E-state index contributed by atoms with van der Waals surface area (Å²) in [6.45, 7) is 11.9. The number of carbonyl (C=O) groups is 1. The van der Waals surface area contributed by atoms with Gasteiger partial charge in [0.1, 0.15) is 5.78 Å². The Balaban J connectivity index is 2.96. The van der Waals surface area contributed by atoms with Gasteiger partial charge in [0.25, 0.3) is 0 Å². The molecule has 2 heteroatoms. The van der Waals surface area contributed by atoms with Gasteiger partial charge < -0.3 is 5.73 Å². The fraction of sp³-hybridized carbons (Fsp3) is 0.476. The lowest BCUT2D eigenvalue weighted by Gasteiger charge is -2.22. The van der Waals surface area contributed by atoms with Gasteiger partial charge in [-0.15, -0.1) is 0 Å². The number of nitrogens with two attached hydrogens (primary N) is 1. The number of benzene rings is 1. The zero-order valence-corrected chi connectivity index (χ0v) is 15.0. The lowest BCUT2D eigenvalue weighted by Crippen LogP contribution is -2.29. The van der Waals surface area contributed by atoms with Crippen molar-refractivity contribution in [3.8, 4) is 0 Å². The van der Waals surface area contributed by atoms with Crippen molar-refractivity contribution in [2.24, 2.45) is 17.6 Å². The van der Waals surface area contributed by atoms with Crippen LogP contribution >= 0.6 is 0 Å². The Morgan fingerprint density at radius 1 is 1.30 bits per heavy atom. The van der Waals surface area contributed by atoms with E-state index in [4.69, 9.17) is 5.73 Å². The predicted octanol–water partition coefficient (Wildman–Crippen LogP) is 4.87. The van der Waals surface area contributed by atoms with E-state index in [-0.39, 0.29) is 12.0 Å². The number of ketones is 1. The molecule has 0 spiro atoms. The van der Waals surface area contributed by atoms with Gasteiger partial charge in [0.05, 0.1) is 0 Å². The van der Waals surface area contributed by atoms with E-state index in [2.05, 4.69) is 36.9 Å². The summed E-state index contributed by atoms with van der Waals surface area (Å²) in [5.74, 6) is 0.734. The second-order valence-electron chi connectivity index (χ2n) is 6.61. The maximum absolute atomic E-state index is 11.9. The molecule has 1 aromatic carbocycles. The highest BCUT2D eigenvalue weighted by atomic mass is 16.1. The Kier molecular flexibility index (Phi) is 7.97. The summed E-state index contributed by atoms with van der Waals surface area (Å²) >= 11 is 0. The van der Waals surface area contributed by atoms with Crippen LogP contribution in [0.1, 0.15) is 57.2 Å². The summed E-state index contributed by atoms with van der Waals surface area (Å²) in [7, 11) is 0. The Morgan fingerprint density at radius 3 is 2.52 bits per heavy atom. The van der Waals surface area contributed by atoms with E-state index in [9.17, 15) is 4.79 Å². The third-order valence-electron chi connectivity index (χ3n) is 4.41. The molecule has 0 amide bonds. The van der Waals surface area contributed by atoms with Crippen LogP contribution in [0.25, 0.3) is 12.2 Å². The molecule has 23 heavy (non-hydrogen) atoms. The molecule has 1 rings (SSSR count). The molecule has 0 fully saturated rings. The van der Waals surface area contributed by atoms with Crippen LogP contribution in [0, 0.1) is 11.8 Å². The Morgan fingerprint density at radius 2 is 2.00 bits per heavy atom. The van der Waals surface area contributed by atoms with E-state index in [1.807, 2.05) is 33.8 Å². The van der Waals surface area contributed by atoms with Crippen molar-refractivity contribution in [2.45, 2.75) is 53.0 Å². The molecule has 2 atom stereocenters. The van der Waals surface area contributed by atoms with E-state index in [1.165, 1.54) is 11.1 Å². The largest absolute Gasteiger partial charge is 0.328 e. The lowest BCUT2D eigenvalue weighted by atomic mass is 9.85. The van der Waals surface area contributed by atoms with Gasteiger partial charge in [-0.05, 0) is 49.3 Å². The zero-order valence-electron chi connectivity index (χ0n) is 15.0. The Bertz CT molecular complexity index is 555. The number of allylic oxidation sites excluding steroid dienone is 1. The first kappa shape index (κ1) is 19.4. The second-order valence-corrected chi connectivity index (χ2v) is 6.61. The monoisotopic (exact) mass is 313 g/mol. The van der Waals surface area contributed by atoms with Crippen molar-refractivity contribution < 1.29 is 4.79 Å². The van der Waals surface area contributed by atoms with Crippen LogP contribution < -0.4 is 5.73 Å². The zero-order chi connectivity index (χ0) is 17.4. The molecule has 0 saturated heterocycles. The van der Waals surface area contributed by atoms with Crippen LogP contribution in [0.15, 0.2) is 30.9 Å². The summed E-state index contributed by atoms with van der Waals surface area (Å²) in [5.41, 5.74) is 9.82. The number of Topliss-reactive ketones (excluding diaryl/α,β-unsaturated/α-hetero) is 1. The molecule has 0 aliphatic rings. The maximum atomic E-state index is 11.9. The summed E-state index contributed by atoms with van der Waals surface area (Å²) < 4.78 is 0. The molecule has 0 aromatic heterocycles. The third-order valence-corrected chi connectivity index (χ3v) is 4.41. The highest BCUT2D eigenvalue weighted by Gasteiger charge is 2.19. The predicted molar refractivity (Wildman–Crippen MR) is 101 cm³/mol. The molecule has 0 radical (unpaired) electrons. The van der Waals surface area contributed by atoms with Crippen molar-refractivity contribution in [1.29, 1.82) is 0 Å². The summed E-state index contributed by atoms with van der Waals surface area (Å²) in [4.78, 5) is 11.9. The lowest BCUT2D eigenvalue weighted by molar-refractivity contribution is -0.122. The van der Waals surface area contributed by atoms with Crippen LogP contribution in [0.4, 0.5) is 0 Å². The molecule has 2 N–H and O–H groups in total. The van der Waals surface area contributed by atoms with Gasteiger partial charge in [-0.25, -0.2) is 0 Å². The van der Waals surface area contributed by atoms with Crippen LogP contribution in [0.5, 0.6) is 0 Å². The van der Waals surface area contributed by atoms with Crippen LogP contribution in [-0.4, -0.2) is 11.8 Å². The van der Waals surface area contributed by atoms with E-state index >= 15 is 0 Å². The average molecular weight is 313 g/mol. The third kappa shape index (κ3) is 5.80. The number of hydrogen-bond acceptors (Lipinski definition) is 2. The minimum Gasteiger partial charge on any atom is -0.328 e. The highest BCUT2D eigenvalue weighted by molar-refractivity contribution is 5.80. The van der Waals surface area contributed by atoms with E-state index < -0.39 is 0 Å². The molecule has 0 saturated carbocycles. The maximum Gasteiger partial charge on any atom is 0.135 e. The minimum atomic E-state index is 0.0702. The van der Waals surface area contributed by atoms with Gasteiger partial charge in [-0.3, -0.25) is 4.79 Å². The molecule has 1 unspecified atom stereocenters. The van der Waals surface area contributed by atoms with Gasteiger partial charge in [0.15, 0.2) is 0 Å². The smallest absolute Gasteiger partial charge is 0.135 e. The fourth-order valence-electron chi connectivity index (χ4n) is 2.81. The van der Waals surface area contributed by atoms with E-state index in [0.29, 0.717) is 18.1 Å². The number of hydrogen-bond donors (Lipinski definition) is 1. The molecule has 0 aliphatic carbocycles. The molecule has 126 valence electrons. The number of carbonyl (C=O) groups excluding carboxylic acids is 1. The molecule has 1 aromatic rings. The van der Waals surface area contributed by atoms with Gasteiger partial charge in [-0.2, -0.15) is 0 Å². The van der Waals surface area contributed by atoms with Crippen molar-refractivity contribution >= 4 is 17.9 Å². The van der Waals surface area contributed by atoms with Crippen LogP contribution in [0.2, 0.25) is 0 Å². The Labute approximate surface area is 141 Å². The minimum absolute atomic E-state index is 0.0702. The van der Waals surface area contributed by atoms with Crippen molar-refractivity contribution in [3.05, 3.63) is 47.5 Å². The van der Waals surface area contributed by atoms with E-state index in [1.54, 1.807) is 0 Å². The Hall–Kier alpha value is -1.67. The normalized spacial score (nSPS) is 14.2. The molecule has 0 aliphatic heterocycles. The van der Waals surface area contributed by atoms with Crippen molar-refractivity contribution in [1.82, 2.24) is 0 Å². The quantitative estimate of drug-likeness (QED) is 0.706. The first-order chi connectivity index (χ1) is 10.9.